The molecule has 0 aliphatic carbocycles. The van der Waals surface area contributed by atoms with Gasteiger partial charge in [0.05, 0.1) is 6.61 Å². The van der Waals surface area contributed by atoms with E-state index in [0.29, 0.717) is 12.4 Å². The molecule has 0 saturated heterocycles. The summed E-state index contributed by atoms with van der Waals surface area (Å²) in [5, 5.41) is 2.65. The van der Waals surface area contributed by atoms with Crippen molar-refractivity contribution in [3.63, 3.8) is 0 Å². The van der Waals surface area contributed by atoms with Crippen LogP contribution in [0.2, 0.25) is 0 Å². The van der Waals surface area contributed by atoms with E-state index in [1.165, 1.54) is 12.1 Å². The van der Waals surface area contributed by atoms with Crippen LogP contribution in [-0.4, -0.2) is 25.7 Å². The number of rotatable bonds is 10. The first kappa shape index (κ1) is 22.1. The van der Waals surface area contributed by atoms with Crippen molar-refractivity contribution in [2.24, 2.45) is 0 Å². The highest BCUT2D eigenvalue weighted by molar-refractivity contribution is 5.92. The summed E-state index contributed by atoms with van der Waals surface area (Å²) in [6.07, 6.45) is 2.35. The van der Waals surface area contributed by atoms with Crippen LogP contribution in [0.15, 0.2) is 48.5 Å². The third-order valence-corrected chi connectivity index (χ3v) is 3.57. The van der Waals surface area contributed by atoms with E-state index >= 15 is 0 Å². The van der Waals surface area contributed by atoms with Crippen molar-refractivity contribution in [2.45, 2.75) is 26.7 Å². The molecule has 2 rings (SSSR count). The first-order chi connectivity index (χ1) is 13.9. The molecule has 156 valence electrons. The molecule has 0 aromatic heterocycles. The van der Waals surface area contributed by atoms with Crippen molar-refractivity contribution in [3.05, 3.63) is 59.7 Å². The first-order valence-corrected chi connectivity index (χ1v) is 8.59. The molecule has 2 aromatic rings. The summed E-state index contributed by atoms with van der Waals surface area (Å²) in [5.41, 5.74) is 0.864. The minimum atomic E-state index is -3.17. The summed E-state index contributed by atoms with van der Waals surface area (Å²) >= 11 is 0. The Balaban J connectivity index is 2.07. The maximum absolute atomic E-state index is 12.6. The van der Waals surface area contributed by atoms with Crippen molar-refractivity contribution >= 4 is 12.0 Å². The molecule has 0 aliphatic heterocycles. The zero-order chi connectivity index (χ0) is 21.2. The summed E-state index contributed by atoms with van der Waals surface area (Å²) < 4.78 is 63.7. The Morgan fingerprint density at radius 3 is 2.45 bits per heavy atom. The van der Waals surface area contributed by atoms with Gasteiger partial charge in [-0.1, -0.05) is 18.2 Å². The van der Waals surface area contributed by atoms with Gasteiger partial charge in [-0.05, 0) is 31.2 Å². The SMILES string of the molecule is CCOc1ccccc1CNC(=O)/C=C/c1ccc(OC(F)F)cc1OC(F)F. The van der Waals surface area contributed by atoms with Crippen molar-refractivity contribution < 1.29 is 36.6 Å². The Morgan fingerprint density at radius 2 is 1.76 bits per heavy atom. The molecule has 5 nitrogen and oxygen atoms in total. The molecule has 0 heterocycles. The van der Waals surface area contributed by atoms with Crippen molar-refractivity contribution in [2.75, 3.05) is 6.61 Å². The second kappa shape index (κ2) is 10.9. The van der Waals surface area contributed by atoms with Gasteiger partial charge in [0, 0.05) is 29.8 Å². The van der Waals surface area contributed by atoms with Crippen LogP contribution in [0.5, 0.6) is 17.2 Å². The predicted molar refractivity (Wildman–Crippen MR) is 98.2 cm³/mol. The smallest absolute Gasteiger partial charge is 0.387 e. The Morgan fingerprint density at radius 1 is 1.03 bits per heavy atom. The number of ether oxygens (including phenoxy) is 3. The molecule has 29 heavy (non-hydrogen) atoms. The molecule has 2 aromatic carbocycles. The van der Waals surface area contributed by atoms with E-state index in [1.807, 2.05) is 13.0 Å². The van der Waals surface area contributed by atoms with Gasteiger partial charge in [-0.15, -0.1) is 0 Å². The first-order valence-electron chi connectivity index (χ1n) is 8.59. The molecule has 1 N–H and O–H groups in total. The minimum absolute atomic E-state index is 0.0942. The summed E-state index contributed by atoms with van der Waals surface area (Å²) in [5.74, 6) is -0.595. The van der Waals surface area contributed by atoms with Gasteiger partial charge in [-0.3, -0.25) is 4.79 Å². The molecule has 9 heteroatoms. The van der Waals surface area contributed by atoms with Crippen LogP contribution < -0.4 is 19.5 Å². The normalized spacial score (nSPS) is 11.1. The fourth-order valence-corrected chi connectivity index (χ4v) is 2.38. The molecule has 0 saturated carbocycles. The lowest BCUT2D eigenvalue weighted by Crippen LogP contribution is -2.20. The molecule has 0 unspecified atom stereocenters. The number of halogens is 4. The van der Waals surface area contributed by atoms with E-state index in [1.54, 1.807) is 18.2 Å². The summed E-state index contributed by atoms with van der Waals surface area (Å²) in [6, 6.07) is 10.5. The number of nitrogens with one attached hydrogen (secondary N) is 1. The predicted octanol–water partition coefficient (Wildman–Crippen LogP) is 4.62. The number of amides is 1. The second-order valence-electron chi connectivity index (χ2n) is 5.55. The van der Waals surface area contributed by atoms with E-state index in [9.17, 15) is 22.4 Å². The highest BCUT2D eigenvalue weighted by atomic mass is 19.3. The molecule has 1 amide bonds. The molecule has 0 bridgehead atoms. The van der Waals surface area contributed by atoms with Crippen LogP contribution >= 0.6 is 0 Å². The van der Waals surface area contributed by atoms with Gasteiger partial charge in [0.1, 0.15) is 17.2 Å². The maximum atomic E-state index is 12.6. The number of hydrogen-bond donors (Lipinski definition) is 1. The van der Waals surface area contributed by atoms with E-state index in [-0.39, 0.29) is 17.9 Å². The van der Waals surface area contributed by atoms with E-state index in [0.717, 1.165) is 23.8 Å². The lowest BCUT2D eigenvalue weighted by molar-refractivity contribution is -0.116. The lowest BCUT2D eigenvalue weighted by Gasteiger charge is -2.11. The van der Waals surface area contributed by atoms with Crippen LogP contribution in [0.25, 0.3) is 6.08 Å². The second-order valence-corrected chi connectivity index (χ2v) is 5.55. The van der Waals surface area contributed by atoms with Crippen molar-refractivity contribution in [1.82, 2.24) is 5.32 Å². The topological polar surface area (TPSA) is 56.8 Å². The van der Waals surface area contributed by atoms with Crippen LogP contribution in [0.3, 0.4) is 0 Å². The van der Waals surface area contributed by atoms with Gasteiger partial charge >= 0.3 is 13.2 Å². The molecule has 0 radical (unpaired) electrons. The summed E-state index contributed by atoms with van der Waals surface area (Å²) in [6.45, 7) is -3.77. The third-order valence-electron chi connectivity index (χ3n) is 3.57. The van der Waals surface area contributed by atoms with Gasteiger partial charge in [0.15, 0.2) is 0 Å². The van der Waals surface area contributed by atoms with Crippen LogP contribution in [-0.2, 0) is 11.3 Å². The number of hydrogen-bond acceptors (Lipinski definition) is 4. The van der Waals surface area contributed by atoms with Gasteiger partial charge in [0.25, 0.3) is 0 Å². The fraction of sp³-hybridized carbons (Fsp3) is 0.250. The van der Waals surface area contributed by atoms with Crippen molar-refractivity contribution in [3.8, 4) is 17.2 Å². The lowest BCUT2D eigenvalue weighted by atomic mass is 10.1. The molecule has 0 aliphatic rings. The van der Waals surface area contributed by atoms with E-state index in [4.69, 9.17) is 4.74 Å². The number of carbonyl (C=O) groups is 1. The Hall–Kier alpha value is -3.23. The highest BCUT2D eigenvalue weighted by Gasteiger charge is 2.12. The molecular formula is C20H19F4NO4. The van der Waals surface area contributed by atoms with Gasteiger partial charge in [-0.2, -0.15) is 17.6 Å². The number of para-hydroxylation sites is 1. The fourth-order valence-electron chi connectivity index (χ4n) is 2.38. The Labute approximate surface area is 164 Å². The standard InChI is InChI=1S/C20H19F4NO4/c1-2-27-16-6-4-3-5-14(16)12-25-18(26)10-8-13-7-9-15(28-19(21)22)11-17(13)29-20(23)24/h3-11,19-20H,2,12H2,1H3,(H,25,26)/b10-8+. The highest BCUT2D eigenvalue weighted by Crippen LogP contribution is 2.28. The van der Waals surface area contributed by atoms with E-state index < -0.39 is 24.9 Å². The average molecular weight is 413 g/mol. The van der Waals surface area contributed by atoms with Crippen LogP contribution in [0.4, 0.5) is 17.6 Å². The molecular weight excluding hydrogens is 394 g/mol. The van der Waals surface area contributed by atoms with Gasteiger partial charge < -0.3 is 19.5 Å². The zero-order valence-electron chi connectivity index (χ0n) is 15.4. The molecule has 0 fully saturated rings. The molecule has 0 spiro atoms. The monoisotopic (exact) mass is 413 g/mol. The minimum Gasteiger partial charge on any atom is -0.494 e. The largest absolute Gasteiger partial charge is 0.494 e. The number of benzene rings is 2. The maximum Gasteiger partial charge on any atom is 0.387 e. The summed E-state index contributed by atoms with van der Waals surface area (Å²) in [7, 11) is 0. The number of alkyl halides is 4. The third kappa shape index (κ3) is 7.36. The van der Waals surface area contributed by atoms with Crippen molar-refractivity contribution in [1.29, 1.82) is 0 Å². The average Bonchev–Trinajstić information content (AvgIpc) is 2.66. The molecule has 0 atom stereocenters. The quantitative estimate of drug-likeness (QED) is 0.456. The van der Waals surface area contributed by atoms with Crippen LogP contribution in [0, 0.1) is 0 Å². The number of carbonyl (C=O) groups excluding carboxylic acids is 1. The zero-order valence-corrected chi connectivity index (χ0v) is 15.4. The van der Waals surface area contributed by atoms with Crippen LogP contribution in [0.1, 0.15) is 18.1 Å². The van der Waals surface area contributed by atoms with Gasteiger partial charge in [0.2, 0.25) is 5.91 Å². The Bertz CT molecular complexity index is 843. The Kier molecular flexibility index (Phi) is 8.32. The summed E-state index contributed by atoms with van der Waals surface area (Å²) in [4.78, 5) is 12.1. The van der Waals surface area contributed by atoms with Gasteiger partial charge in [-0.25, -0.2) is 0 Å². The van der Waals surface area contributed by atoms with E-state index in [2.05, 4.69) is 14.8 Å².